The highest BCUT2D eigenvalue weighted by atomic mass is 16.1. The van der Waals surface area contributed by atoms with Gasteiger partial charge in [-0.3, -0.25) is 9.78 Å². The second-order valence-corrected chi connectivity index (χ2v) is 4.65. The highest BCUT2D eigenvalue weighted by Crippen LogP contribution is 2.18. The number of pyridine rings is 1. The van der Waals surface area contributed by atoms with Crippen molar-refractivity contribution >= 4 is 5.78 Å². The molecule has 0 radical (unpaired) electrons. The van der Waals surface area contributed by atoms with Crippen LogP contribution in [0.25, 0.3) is 0 Å². The van der Waals surface area contributed by atoms with Gasteiger partial charge in [0.1, 0.15) is 5.78 Å². The van der Waals surface area contributed by atoms with E-state index in [1.165, 1.54) is 0 Å². The van der Waals surface area contributed by atoms with Crippen LogP contribution in [0.15, 0.2) is 18.5 Å². The third-order valence-corrected chi connectivity index (χ3v) is 2.32. The summed E-state index contributed by atoms with van der Waals surface area (Å²) < 4.78 is 0. The maximum Gasteiger partial charge on any atom is 0.142 e. The molecule has 0 bridgehead atoms. The van der Waals surface area contributed by atoms with E-state index in [0.29, 0.717) is 6.42 Å². The Bertz CT molecular complexity index is 336. The first-order valence-corrected chi connectivity index (χ1v) is 4.84. The molecule has 0 N–H and O–H groups in total. The lowest BCUT2D eigenvalue weighted by atomic mass is 9.86. The molecule has 1 heterocycles. The van der Waals surface area contributed by atoms with Crippen molar-refractivity contribution in [3.05, 3.63) is 29.6 Å². The summed E-state index contributed by atoms with van der Waals surface area (Å²) in [6.45, 7) is 7.84. The molecule has 1 aromatic rings. The number of hydrogen-bond acceptors (Lipinski definition) is 2. The summed E-state index contributed by atoms with van der Waals surface area (Å²) in [6.07, 6.45) is 4.04. The zero-order valence-corrected chi connectivity index (χ0v) is 9.29. The van der Waals surface area contributed by atoms with Gasteiger partial charge in [0.05, 0.1) is 0 Å². The number of Topliss-reactive ketones (excluding diaryl/α,β-unsaturated/α-hetero) is 1. The van der Waals surface area contributed by atoms with E-state index >= 15 is 0 Å². The van der Waals surface area contributed by atoms with Crippen molar-refractivity contribution in [1.82, 2.24) is 4.98 Å². The monoisotopic (exact) mass is 191 g/mol. The lowest BCUT2D eigenvalue weighted by Gasteiger charge is -2.16. The summed E-state index contributed by atoms with van der Waals surface area (Å²) in [6, 6.07) is 1.92. The van der Waals surface area contributed by atoms with E-state index in [-0.39, 0.29) is 11.2 Å². The third-order valence-electron chi connectivity index (χ3n) is 2.32. The van der Waals surface area contributed by atoms with Crippen LogP contribution in [0.3, 0.4) is 0 Å². The number of aryl methyl sites for hydroxylation is 1. The summed E-state index contributed by atoms with van der Waals surface area (Å²) in [5.41, 5.74) is 1.92. The molecule has 0 fully saturated rings. The minimum Gasteiger partial charge on any atom is -0.299 e. The zero-order chi connectivity index (χ0) is 10.8. The third kappa shape index (κ3) is 2.66. The minimum atomic E-state index is -0.254. The quantitative estimate of drug-likeness (QED) is 0.719. The highest BCUT2D eigenvalue weighted by Gasteiger charge is 2.21. The fourth-order valence-electron chi connectivity index (χ4n) is 1.14. The number of hydrogen-bond donors (Lipinski definition) is 0. The Morgan fingerprint density at radius 3 is 2.57 bits per heavy atom. The first-order valence-electron chi connectivity index (χ1n) is 4.84. The second-order valence-electron chi connectivity index (χ2n) is 4.65. The fourth-order valence-corrected chi connectivity index (χ4v) is 1.14. The second kappa shape index (κ2) is 3.91. The van der Waals surface area contributed by atoms with Gasteiger partial charge < -0.3 is 0 Å². The molecule has 14 heavy (non-hydrogen) atoms. The number of aromatic nitrogens is 1. The van der Waals surface area contributed by atoms with E-state index in [4.69, 9.17) is 0 Å². The summed E-state index contributed by atoms with van der Waals surface area (Å²) >= 11 is 0. The van der Waals surface area contributed by atoms with Gasteiger partial charge in [0.15, 0.2) is 0 Å². The Labute approximate surface area is 85.4 Å². The molecule has 1 rings (SSSR count). The molecular formula is C12H17NO. The number of ketones is 1. The highest BCUT2D eigenvalue weighted by molar-refractivity contribution is 5.85. The van der Waals surface area contributed by atoms with Gasteiger partial charge in [-0.2, -0.15) is 0 Å². The minimum absolute atomic E-state index is 0.254. The molecule has 2 heteroatoms. The first-order chi connectivity index (χ1) is 6.41. The van der Waals surface area contributed by atoms with Crippen molar-refractivity contribution in [2.75, 3.05) is 0 Å². The SMILES string of the molecule is Cc1cnccc1CC(=O)C(C)(C)C. The lowest BCUT2D eigenvalue weighted by molar-refractivity contribution is -0.125. The van der Waals surface area contributed by atoms with Crippen LogP contribution in [0.2, 0.25) is 0 Å². The Kier molecular flexibility index (Phi) is 3.04. The van der Waals surface area contributed by atoms with Gasteiger partial charge >= 0.3 is 0 Å². The van der Waals surface area contributed by atoms with Crippen molar-refractivity contribution in [1.29, 1.82) is 0 Å². The van der Waals surface area contributed by atoms with Crippen molar-refractivity contribution in [3.8, 4) is 0 Å². The van der Waals surface area contributed by atoms with E-state index in [2.05, 4.69) is 4.98 Å². The summed E-state index contributed by atoms with van der Waals surface area (Å²) in [5.74, 6) is 0.270. The fraction of sp³-hybridized carbons (Fsp3) is 0.500. The van der Waals surface area contributed by atoms with Gasteiger partial charge in [-0.1, -0.05) is 20.8 Å². The van der Waals surface area contributed by atoms with Crippen LogP contribution in [0.5, 0.6) is 0 Å². The van der Waals surface area contributed by atoms with Gasteiger partial charge in [0.25, 0.3) is 0 Å². The zero-order valence-electron chi connectivity index (χ0n) is 9.29. The van der Waals surface area contributed by atoms with E-state index in [1.807, 2.05) is 33.8 Å². The number of rotatable bonds is 2. The standard InChI is InChI=1S/C12H17NO/c1-9-8-13-6-5-10(9)7-11(14)12(2,3)4/h5-6,8H,7H2,1-4H3. The largest absolute Gasteiger partial charge is 0.299 e. The van der Waals surface area contributed by atoms with Gasteiger partial charge in [-0.15, -0.1) is 0 Å². The van der Waals surface area contributed by atoms with Gasteiger partial charge in [0, 0.05) is 24.2 Å². The van der Waals surface area contributed by atoms with Gasteiger partial charge in [-0.25, -0.2) is 0 Å². The van der Waals surface area contributed by atoms with Crippen LogP contribution in [-0.2, 0) is 11.2 Å². The van der Waals surface area contributed by atoms with Crippen molar-refractivity contribution in [2.45, 2.75) is 34.1 Å². The van der Waals surface area contributed by atoms with Crippen molar-refractivity contribution in [3.63, 3.8) is 0 Å². The Morgan fingerprint density at radius 1 is 1.43 bits per heavy atom. The molecule has 1 aromatic heterocycles. The number of carbonyl (C=O) groups is 1. The van der Waals surface area contributed by atoms with E-state index in [1.54, 1.807) is 12.4 Å². The van der Waals surface area contributed by atoms with Crippen LogP contribution < -0.4 is 0 Å². The molecule has 0 saturated carbocycles. The molecule has 0 aliphatic carbocycles. The maximum atomic E-state index is 11.8. The molecule has 0 saturated heterocycles. The van der Waals surface area contributed by atoms with Crippen molar-refractivity contribution in [2.24, 2.45) is 5.41 Å². The summed E-state index contributed by atoms with van der Waals surface area (Å²) in [7, 11) is 0. The molecule has 0 aliphatic rings. The average Bonchev–Trinajstić information content (AvgIpc) is 2.07. The molecule has 0 unspecified atom stereocenters. The lowest BCUT2D eigenvalue weighted by Crippen LogP contribution is -2.22. The smallest absolute Gasteiger partial charge is 0.142 e. The first kappa shape index (κ1) is 10.9. The number of nitrogens with zero attached hydrogens (tertiary/aromatic N) is 1. The van der Waals surface area contributed by atoms with E-state index < -0.39 is 0 Å². The van der Waals surface area contributed by atoms with Gasteiger partial charge in [-0.05, 0) is 24.1 Å². The molecule has 2 nitrogen and oxygen atoms in total. The van der Waals surface area contributed by atoms with E-state index in [9.17, 15) is 4.79 Å². The van der Waals surface area contributed by atoms with E-state index in [0.717, 1.165) is 11.1 Å². The molecule has 76 valence electrons. The van der Waals surface area contributed by atoms with Crippen LogP contribution >= 0.6 is 0 Å². The normalized spacial score (nSPS) is 11.4. The summed E-state index contributed by atoms with van der Waals surface area (Å²) in [4.78, 5) is 15.8. The average molecular weight is 191 g/mol. The van der Waals surface area contributed by atoms with Gasteiger partial charge in [0.2, 0.25) is 0 Å². The topological polar surface area (TPSA) is 30.0 Å². The summed E-state index contributed by atoms with van der Waals surface area (Å²) in [5, 5.41) is 0. The van der Waals surface area contributed by atoms with Crippen LogP contribution in [0.1, 0.15) is 31.9 Å². The Hall–Kier alpha value is -1.18. The van der Waals surface area contributed by atoms with Crippen LogP contribution in [0.4, 0.5) is 0 Å². The molecule has 0 aliphatic heterocycles. The van der Waals surface area contributed by atoms with Crippen LogP contribution in [-0.4, -0.2) is 10.8 Å². The molecule has 0 amide bonds. The molecular weight excluding hydrogens is 174 g/mol. The predicted molar refractivity (Wildman–Crippen MR) is 57.1 cm³/mol. The Morgan fingerprint density at radius 2 is 2.07 bits per heavy atom. The molecule has 0 aromatic carbocycles. The van der Waals surface area contributed by atoms with Crippen molar-refractivity contribution < 1.29 is 4.79 Å². The predicted octanol–water partition coefficient (Wildman–Crippen LogP) is 2.55. The molecule has 0 spiro atoms. The number of carbonyl (C=O) groups excluding carboxylic acids is 1. The molecule has 0 atom stereocenters. The Balaban J connectivity index is 2.80. The maximum absolute atomic E-state index is 11.8. The van der Waals surface area contributed by atoms with Crippen LogP contribution in [0, 0.1) is 12.3 Å².